The van der Waals surface area contributed by atoms with Crippen molar-refractivity contribution in [2.24, 2.45) is 3.34 Å². The van der Waals surface area contributed by atoms with Crippen molar-refractivity contribution in [3.05, 3.63) is 0 Å². The van der Waals surface area contributed by atoms with E-state index in [9.17, 15) is 0 Å². The molecule has 0 saturated carbocycles. The van der Waals surface area contributed by atoms with Crippen LogP contribution in [0.1, 0.15) is 27.2 Å². The van der Waals surface area contributed by atoms with Gasteiger partial charge < -0.3 is 0 Å². The van der Waals surface area contributed by atoms with Crippen LogP contribution in [0.2, 0.25) is 0 Å². The third-order valence-electron chi connectivity index (χ3n) is 2.88. The van der Waals surface area contributed by atoms with E-state index in [1.54, 1.807) is 0 Å². The fourth-order valence-electron chi connectivity index (χ4n) is 1.78. The second kappa shape index (κ2) is 5.85. The summed E-state index contributed by atoms with van der Waals surface area (Å²) in [5, 5.41) is 0. The van der Waals surface area contributed by atoms with Gasteiger partial charge in [-0.3, -0.25) is 0 Å². The van der Waals surface area contributed by atoms with Crippen LogP contribution in [0.25, 0.3) is 0 Å². The SMILES string of the molecule is CCC(C)(C)[N]=[Ta]([N](C)C)([N](C)C)[N](C)C. The maximum absolute atomic E-state index is 5.25. The van der Waals surface area contributed by atoms with E-state index in [0.29, 0.717) is 0 Å². The van der Waals surface area contributed by atoms with Crippen molar-refractivity contribution in [2.75, 3.05) is 42.3 Å². The van der Waals surface area contributed by atoms with E-state index < -0.39 is 17.7 Å². The molecule has 5 heteroatoms. The van der Waals surface area contributed by atoms with Crippen molar-refractivity contribution >= 4 is 0 Å². The van der Waals surface area contributed by atoms with E-state index in [1.807, 2.05) is 0 Å². The summed E-state index contributed by atoms with van der Waals surface area (Å²) in [6.07, 6.45) is 1.09. The molecule has 0 amide bonds. The number of rotatable bonds is 5. The van der Waals surface area contributed by atoms with E-state index in [1.165, 1.54) is 0 Å². The van der Waals surface area contributed by atoms with Crippen LogP contribution in [0.4, 0.5) is 0 Å². The van der Waals surface area contributed by atoms with Crippen LogP contribution in [-0.4, -0.2) is 57.7 Å². The van der Waals surface area contributed by atoms with Gasteiger partial charge in [-0.05, 0) is 0 Å². The molecule has 0 aromatic rings. The fraction of sp³-hybridized carbons (Fsp3) is 1.00. The Morgan fingerprint density at radius 3 is 1.38 bits per heavy atom. The minimum absolute atomic E-state index is 0.0667. The summed E-state index contributed by atoms with van der Waals surface area (Å²) >= 11 is -2.98. The summed E-state index contributed by atoms with van der Waals surface area (Å²) in [6.45, 7) is 6.68. The molecule has 4 nitrogen and oxygen atoms in total. The van der Waals surface area contributed by atoms with E-state index in [0.717, 1.165) is 6.42 Å². The van der Waals surface area contributed by atoms with E-state index >= 15 is 0 Å². The summed E-state index contributed by atoms with van der Waals surface area (Å²) in [7, 11) is 13.0. The van der Waals surface area contributed by atoms with Crippen LogP contribution in [0.3, 0.4) is 0 Å². The molecular formula is C11H29N4Ta. The summed E-state index contributed by atoms with van der Waals surface area (Å²) < 4.78 is 12.3. The molecule has 0 rings (SSSR count). The Bertz CT molecular complexity index is 241. The monoisotopic (exact) mass is 398 g/mol. The Morgan fingerprint density at radius 2 is 1.19 bits per heavy atom. The zero-order valence-electron chi connectivity index (χ0n) is 12.4. The Hall–Kier alpha value is 0.420. The molecule has 0 N–H and O–H groups in total. The summed E-state index contributed by atoms with van der Waals surface area (Å²) in [4.78, 5) is 0. The second-order valence-electron chi connectivity index (χ2n) is 5.34. The molecule has 0 fully saturated rings. The zero-order valence-corrected chi connectivity index (χ0v) is 15.7. The molecule has 16 heavy (non-hydrogen) atoms. The first-order chi connectivity index (χ1) is 7.10. The van der Waals surface area contributed by atoms with Gasteiger partial charge in [0.25, 0.3) is 0 Å². The van der Waals surface area contributed by atoms with Crippen LogP contribution in [0, 0.1) is 0 Å². The molecular weight excluding hydrogens is 369 g/mol. The molecule has 0 saturated heterocycles. The van der Waals surface area contributed by atoms with E-state index in [2.05, 4.69) is 73.0 Å². The zero-order chi connectivity index (χ0) is 13.1. The maximum atomic E-state index is 5.25. The fourth-order valence-corrected chi connectivity index (χ4v) is 14.5. The molecule has 0 spiro atoms. The first kappa shape index (κ1) is 16.4. The van der Waals surface area contributed by atoms with Crippen molar-refractivity contribution in [2.45, 2.75) is 32.7 Å². The molecule has 0 bridgehead atoms. The van der Waals surface area contributed by atoms with Gasteiger partial charge in [0.15, 0.2) is 0 Å². The van der Waals surface area contributed by atoms with Crippen LogP contribution < -0.4 is 0 Å². The van der Waals surface area contributed by atoms with Gasteiger partial charge in [0, 0.05) is 0 Å². The molecule has 0 heterocycles. The topological polar surface area (TPSA) is 22.1 Å². The van der Waals surface area contributed by atoms with Gasteiger partial charge in [-0.2, -0.15) is 0 Å². The van der Waals surface area contributed by atoms with E-state index in [4.69, 9.17) is 3.34 Å². The standard InChI is InChI=1S/C5H11N.3C2H6N.Ta/c1-4-5(2,3)6;3*1-3-2;/h4H2,1-3H3;3*1-2H3;/q;3*-1;+3. The van der Waals surface area contributed by atoms with Crippen LogP contribution in [0.15, 0.2) is 3.34 Å². The molecule has 98 valence electrons. The Morgan fingerprint density at radius 1 is 0.875 bits per heavy atom. The predicted octanol–water partition coefficient (Wildman–Crippen LogP) is 1.94. The number of hydrogen-bond acceptors (Lipinski definition) is 1. The van der Waals surface area contributed by atoms with Gasteiger partial charge in [0.1, 0.15) is 0 Å². The molecule has 0 aromatic heterocycles. The molecule has 0 radical (unpaired) electrons. The van der Waals surface area contributed by atoms with Crippen LogP contribution >= 0.6 is 0 Å². The quantitative estimate of drug-likeness (QED) is 0.707. The van der Waals surface area contributed by atoms with Crippen molar-refractivity contribution < 1.29 is 17.7 Å². The van der Waals surface area contributed by atoms with Gasteiger partial charge >= 0.3 is 106 Å². The Labute approximate surface area is 106 Å². The van der Waals surface area contributed by atoms with Gasteiger partial charge in [0.2, 0.25) is 0 Å². The third-order valence-corrected chi connectivity index (χ3v) is 17.4. The Balaban J connectivity index is 5.72. The molecule has 0 aromatic carbocycles. The van der Waals surface area contributed by atoms with Gasteiger partial charge in [-0.15, -0.1) is 0 Å². The first-order valence-electron chi connectivity index (χ1n) is 5.77. The number of hydrogen-bond donors (Lipinski definition) is 0. The Kier molecular flexibility index (Phi) is 6.00. The van der Waals surface area contributed by atoms with Crippen molar-refractivity contribution in [3.8, 4) is 0 Å². The van der Waals surface area contributed by atoms with Crippen molar-refractivity contribution in [3.63, 3.8) is 0 Å². The summed E-state index contributed by atoms with van der Waals surface area (Å²) in [5.74, 6) is 0. The summed E-state index contributed by atoms with van der Waals surface area (Å²) in [6, 6.07) is 0. The first-order valence-corrected chi connectivity index (χ1v) is 11.5. The van der Waals surface area contributed by atoms with Crippen molar-refractivity contribution in [1.82, 2.24) is 9.91 Å². The van der Waals surface area contributed by atoms with Gasteiger partial charge in [-0.1, -0.05) is 0 Å². The third kappa shape index (κ3) is 3.45. The van der Waals surface area contributed by atoms with Gasteiger partial charge in [0.05, 0.1) is 0 Å². The second-order valence-corrected chi connectivity index (χ2v) is 18.5. The molecule has 0 unspecified atom stereocenters. The normalized spacial score (nSPS) is 14.0. The van der Waals surface area contributed by atoms with Crippen LogP contribution in [-0.2, 0) is 17.7 Å². The number of nitrogens with zero attached hydrogens (tertiary/aromatic N) is 4. The predicted molar refractivity (Wildman–Crippen MR) is 67.9 cm³/mol. The molecule has 0 aliphatic heterocycles. The van der Waals surface area contributed by atoms with Gasteiger partial charge in [-0.25, -0.2) is 0 Å². The average molecular weight is 398 g/mol. The summed E-state index contributed by atoms with van der Waals surface area (Å²) in [5.41, 5.74) is 0.0667. The molecule has 0 aliphatic rings. The van der Waals surface area contributed by atoms with Crippen LogP contribution in [0.5, 0.6) is 0 Å². The molecule has 0 aliphatic carbocycles. The molecule has 0 atom stereocenters. The van der Waals surface area contributed by atoms with E-state index in [-0.39, 0.29) is 5.54 Å². The van der Waals surface area contributed by atoms with Crippen molar-refractivity contribution in [1.29, 1.82) is 0 Å². The minimum atomic E-state index is -2.98. The average Bonchev–Trinajstić information content (AvgIpc) is 2.12.